The minimum Gasteiger partial charge on any atom is -0.338 e. The summed E-state index contributed by atoms with van der Waals surface area (Å²) in [5, 5.41) is 8.62. The molecule has 0 aromatic heterocycles. The van der Waals surface area contributed by atoms with Gasteiger partial charge < -0.3 is 20.9 Å². The Balaban J connectivity index is 1.61. The number of benzene rings is 1. The zero-order valence-corrected chi connectivity index (χ0v) is 15.5. The second kappa shape index (κ2) is 9.42. The summed E-state index contributed by atoms with van der Waals surface area (Å²) in [6.07, 6.45) is 1.91. The van der Waals surface area contributed by atoms with E-state index in [1.165, 1.54) is 6.92 Å². The van der Waals surface area contributed by atoms with Gasteiger partial charge in [-0.15, -0.1) is 0 Å². The van der Waals surface area contributed by atoms with Gasteiger partial charge in [0.05, 0.1) is 0 Å². The van der Waals surface area contributed by atoms with E-state index >= 15 is 0 Å². The normalized spacial score (nSPS) is 17.5. The first-order valence-corrected chi connectivity index (χ1v) is 9.06. The van der Waals surface area contributed by atoms with Gasteiger partial charge in [0, 0.05) is 38.3 Å². The first kappa shape index (κ1) is 19.2. The third kappa shape index (κ3) is 6.74. The van der Waals surface area contributed by atoms with Crippen molar-refractivity contribution in [1.29, 1.82) is 0 Å². The van der Waals surface area contributed by atoms with Gasteiger partial charge in [0.25, 0.3) is 0 Å². The molecule has 3 N–H and O–H groups in total. The van der Waals surface area contributed by atoms with Crippen molar-refractivity contribution in [2.24, 2.45) is 5.92 Å². The molecule has 6 heteroatoms. The Labute approximate surface area is 150 Å². The zero-order chi connectivity index (χ0) is 18.2. The van der Waals surface area contributed by atoms with Gasteiger partial charge in [0.1, 0.15) is 0 Å². The highest BCUT2D eigenvalue weighted by atomic mass is 16.2. The maximum Gasteiger partial charge on any atom is 0.314 e. The molecule has 1 aliphatic rings. The van der Waals surface area contributed by atoms with Gasteiger partial charge in [-0.3, -0.25) is 4.79 Å². The van der Waals surface area contributed by atoms with E-state index in [9.17, 15) is 9.59 Å². The number of carbonyl (C=O) groups is 2. The van der Waals surface area contributed by atoms with E-state index in [2.05, 4.69) is 34.7 Å². The number of hydrogen-bond acceptors (Lipinski definition) is 3. The topological polar surface area (TPSA) is 73.5 Å². The maximum atomic E-state index is 11.9. The number of rotatable bonds is 7. The van der Waals surface area contributed by atoms with Crippen molar-refractivity contribution in [2.45, 2.75) is 39.7 Å². The van der Waals surface area contributed by atoms with Crippen LogP contribution in [-0.4, -0.2) is 49.1 Å². The van der Waals surface area contributed by atoms with Crippen LogP contribution >= 0.6 is 0 Å². The second-order valence-corrected chi connectivity index (χ2v) is 7.01. The Kier molecular flexibility index (Phi) is 7.25. The summed E-state index contributed by atoms with van der Waals surface area (Å²) in [5.41, 5.74) is 1.91. The largest absolute Gasteiger partial charge is 0.338 e. The lowest BCUT2D eigenvalue weighted by atomic mass is 10.1. The molecule has 0 radical (unpaired) electrons. The average molecular weight is 346 g/mol. The second-order valence-electron chi connectivity index (χ2n) is 7.01. The molecule has 1 heterocycles. The van der Waals surface area contributed by atoms with Gasteiger partial charge >= 0.3 is 6.03 Å². The van der Waals surface area contributed by atoms with Gasteiger partial charge in [0.2, 0.25) is 5.91 Å². The number of likely N-dealkylation sites (tertiary alicyclic amines) is 1. The smallest absolute Gasteiger partial charge is 0.314 e. The molecule has 2 rings (SSSR count). The van der Waals surface area contributed by atoms with Gasteiger partial charge in [-0.2, -0.15) is 0 Å². The van der Waals surface area contributed by atoms with Crippen LogP contribution in [-0.2, 0) is 11.2 Å². The fourth-order valence-electron chi connectivity index (χ4n) is 3.08. The van der Waals surface area contributed by atoms with Crippen LogP contribution in [0.1, 0.15) is 32.8 Å². The van der Waals surface area contributed by atoms with Crippen LogP contribution in [0.4, 0.5) is 10.5 Å². The molecule has 1 saturated heterocycles. The molecule has 138 valence electrons. The van der Waals surface area contributed by atoms with Crippen LogP contribution in [0, 0.1) is 5.92 Å². The molecule has 1 unspecified atom stereocenters. The molecule has 3 amide bonds. The SMILES string of the molecule is CC(=O)Nc1ccc(CCNC(=O)NCC2CCN(C(C)C)C2)cc1. The van der Waals surface area contributed by atoms with Gasteiger partial charge in [-0.05, 0) is 56.8 Å². The third-order valence-electron chi connectivity index (χ3n) is 4.57. The minimum atomic E-state index is -0.0992. The molecule has 0 bridgehead atoms. The maximum absolute atomic E-state index is 11.9. The van der Waals surface area contributed by atoms with Crippen molar-refractivity contribution in [1.82, 2.24) is 15.5 Å². The van der Waals surface area contributed by atoms with Crippen molar-refractivity contribution >= 4 is 17.6 Å². The number of amides is 3. The molecule has 1 atom stereocenters. The Hall–Kier alpha value is -2.08. The Morgan fingerprint density at radius 1 is 1.20 bits per heavy atom. The summed E-state index contributed by atoms with van der Waals surface area (Å²) in [5.74, 6) is 0.472. The highest BCUT2D eigenvalue weighted by Crippen LogP contribution is 2.17. The van der Waals surface area contributed by atoms with Crippen LogP contribution in [0.15, 0.2) is 24.3 Å². The van der Waals surface area contributed by atoms with Crippen molar-refractivity contribution in [2.75, 3.05) is 31.5 Å². The summed E-state index contributed by atoms with van der Waals surface area (Å²) in [7, 11) is 0. The molecular formula is C19H30N4O2. The van der Waals surface area contributed by atoms with E-state index in [-0.39, 0.29) is 11.9 Å². The van der Waals surface area contributed by atoms with E-state index in [1.54, 1.807) is 0 Å². The highest BCUT2D eigenvalue weighted by Gasteiger charge is 2.24. The standard InChI is InChI=1S/C19H30N4O2/c1-14(2)23-11-9-17(13-23)12-21-19(25)20-10-8-16-4-6-18(7-5-16)22-15(3)24/h4-7,14,17H,8-13H2,1-3H3,(H,22,24)(H2,20,21,25). The number of hydrogen-bond donors (Lipinski definition) is 3. The molecule has 1 aromatic carbocycles. The minimum absolute atomic E-state index is 0.0788. The summed E-state index contributed by atoms with van der Waals surface area (Å²) < 4.78 is 0. The van der Waals surface area contributed by atoms with E-state index in [0.717, 1.165) is 43.7 Å². The summed E-state index contributed by atoms with van der Waals surface area (Å²) in [4.78, 5) is 25.3. The van der Waals surface area contributed by atoms with Crippen LogP contribution in [0.5, 0.6) is 0 Å². The van der Waals surface area contributed by atoms with E-state index < -0.39 is 0 Å². The summed E-state index contributed by atoms with van der Waals surface area (Å²) >= 11 is 0. The van der Waals surface area contributed by atoms with Crippen LogP contribution in [0.3, 0.4) is 0 Å². The van der Waals surface area contributed by atoms with E-state index in [1.807, 2.05) is 24.3 Å². The van der Waals surface area contributed by atoms with Crippen LogP contribution in [0.2, 0.25) is 0 Å². The molecular weight excluding hydrogens is 316 g/mol. The van der Waals surface area contributed by atoms with E-state index in [4.69, 9.17) is 0 Å². The highest BCUT2D eigenvalue weighted by molar-refractivity contribution is 5.88. The molecule has 6 nitrogen and oxygen atoms in total. The lowest BCUT2D eigenvalue weighted by Gasteiger charge is -2.20. The predicted octanol–water partition coefficient (Wildman–Crippen LogP) is 2.22. The van der Waals surface area contributed by atoms with E-state index in [0.29, 0.717) is 18.5 Å². The van der Waals surface area contributed by atoms with Crippen LogP contribution < -0.4 is 16.0 Å². The molecule has 0 spiro atoms. The monoisotopic (exact) mass is 346 g/mol. The average Bonchev–Trinajstić information content (AvgIpc) is 3.03. The molecule has 0 saturated carbocycles. The first-order valence-electron chi connectivity index (χ1n) is 9.06. The van der Waals surface area contributed by atoms with Gasteiger partial charge in [-0.25, -0.2) is 4.79 Å². The van der Waals surface area contributed by atoms with Crippen molar-refractivity contribution < 1.29 is 9.59 Å². The molecule has 25 heavy (non-hydrogen) atoms. The number of carbonyl (C=O) groups excluding carboxylic acids is 2. The Morgan fingerprint density at radius 2 is 1.92 bits per heavy atom. The molecule has 1 fully saturated rings. The fourth-order valence-corrected chi connectivity index (χ4v) is 3.08. The lowest BCUT2D eigenvalue weighted by molar-refractivity contribution is -0.114. The van der Waals surface area contributed by atoms with Gasteiger partial charge in [0.15, 0.2) is 0 Å². The number of nitrogens with zero attached hydrogens (tertiary/aromatic N) is 1. The molecule has 1 aliphatic heterocycles. The third-order valence-corrected chi connectivity index (χ3v) is 4.57. The van der Waals surface area contributed by atoms with Crippen molar-refractivity contribution in [3.05, 3.63) is 29.8 Å². The quantitative estimate of drug-likeness (QED) is 0.709. The lowest BCUT2D eigenvalue weighted by Crippen LogP contribution is -2.39. The summed E-state index contributed by atoms with van der Waals surface area (Å²) in [6.45, 7) is 9.44. The fraction of sp³-hybridized carbons (Fsp3) is 0.579. The van der Waals surface area contributed by atoms with Crippen molar-refractivity contribution in [3.8, 4) is 0 Å². The Bertz CT molecular complexity index is 571. The van der Waals surface area contributed by atoms with Gasteiger partial charge in [-0.1, -0.05) is 12.1 Å². The Morgan fingerprint density at radius 3 is 2.52 bits per heavy atom. The summed E-state index contributed by atoms with van der Waals surface area (Å²) in [6, 6.07) is 8.15. The van der Waals surface area contributed by atoms with Crippen LogP contribution in [0.25, 0.3) is 0 Å². The van der Waals surface area contributed by atoms with Crippen molar-refractivity contribution in [3.63, 3.8) is 0 Å². The number of urea groups is 1. The number of anilines is 1. The number of nitrogens with one attached hydrogen (secondary N) is 3. The zero-order valence-electron chi connectivity index (χ0n) is 15.5. The predicted molar refractivity (Wildman–Crippen MR) is 101 cm³/mol. The molecule has 1 aromatic rings. The first-order chi connectivity index (χ1) is 11.9. The molecule has 0 aliphatic carbocycles.